The summed E-state index contributed by atoms with van der Waals surface area (Å²) in [4.78, 5) is 10.7. The fourth-order valence-corrected chi connectivity index (χ4v) is 1.26. The van der Waals surface area contributed by atoms with Gasteiger partial charge >= 0.3 is 0 Å². The minimum atomic E-state index is -0.00731. The normalized spacial score (nSPS) is 13.1. The molecule has 0 amide bonds. The summed E-state index contributed by atoms with van der Waals surface area (Å²) >= 11 is 0. The van der Waals surface area contributed by atoms with Gasteiger partial charge in [-0.25, -0.2) is 0 Å². The monoisotopic (exact) mass is 208 g/mol. The zero-order chi connectivity index (χ0) is 11.3. The maximum atomic E-state index is 6.02. The van der Waals surface area contributed by atoms with Crippen LogP contribution in [0.5, 0.6) is 0 Å². The zero-order valence-electron chi connectivity index (χ0n) is 9.77. The first-order chi connectivity index (χ1) is 7.13. The third-order valence-corrected chi connectivity index (χ3v) is 2.54. The Morgan fingerprint density at radius 3 is 2.67 bits per heavy atom. The minimum absolute atomic E-state index is 0.00731. The van der Waals surface area contributed by atoms with Crippen LogP contribution in [0.25, 0.3) is 0 Å². The Morgan fingerprint density at radius 2 is 2.13 bits per heavy atom. The fraction of sp³-hybridized carbons (Fsp3) is 0.636. The van der Waals surface area contributed by atoms with Crippen LogP contribution in [-0.2, 0) is 0 Å². The second kappa shape index (κ2) is 5.78. The summed E-state index contributed by atoms with van der Waals surface area (Å²) in [6.07, 6.45) is 4.45. The molecule has 0 saturated heterocycles. The average molecular weight is 208 g/mol. The first-order valence-electron chi connectivity index (χ1n) is 5.36. The molecule has 4 heteroatoms. The lowest BCUT2D eigenvalue weighted by Gasteiger charge is -2.16. The van der Waals surface area contributed by atoms with Gasteiger partial charge in [0, 0.05) is 12.2 Å². The lowest BCUT2D eigenvalue weighted by atomic mass is 10.1. The molecule has 0 aromatic carbocycles. The number of rotatable bonds is 5. The van der Waals surface area contributed by atoms with Crippen LogP contribution in [-0.4, -0.2) is 35.0 Å². The van der Waals surface area contributed by atoms with E-state index in [1.54, 1.807) is 12.4 Å². The highest BCUT2D eigenvalue weighted by atomic mass is 15.1. The van der Waals surface area contributed by atoms with E-state index in [1.165, 1.54) is 0 Å². The number of aromatic nitrogens is 2. The van der Waals surface area contributed by atoms with Crippen molar-refractivity contribution >= 4 is 0 Å². The molecule has 4 nitrogen and oxygen atoms in total. The van der Waals surface area contributed by atoms with Crippen LogP contribution in [0.3, 0.4) is 0 Å². The first kappa shape index (κ1) is 12.1. The number of aryl methyl sites for hydroxylation is 1. The molecule has 1 unspecified atom stereocenters. The van der Waals surface area contributed by atoms with Gasteiger partial charge in [-0.15, -0.1) is 0 Å². The molecule has 84 valence electrons. The number of hydrogen-bond donors (Lipinski definition) is 1. The van der Waals surface area contributed by atoms with Crippen LogP contribution in [0.2, 0.25) is 0 Å². The van der Waals surface area contributed by atoms with Crippen molar-refractivity contribution in [1.82, 2.24) is 14.9 Å². The van der Waals surface area contributed by atoms with Crippen LogP contribution < -0.4 is 5.73 Å². The van der Waals surface area contributed by atoms with Gasteiger partial charge < -0.3 is 10.6 Å². The SMILES string of the molecule is CCN(C)CCC(N)c1cnc(C)cn1. The van der Waals surface area contributed by atoms with E-state index in [4.69, 9.17) is 5.73 Å². The van der Waals surface area contributed by atoms with Gasteiger partial charge in [0.1, 0.15) is 0 Å². The summed E-state index contributed by atoms with van der Waals surface area (Å²) < 4.78 is 0. The maximum Gasteiger partial charge on any atom is 0.0754 e. The summed E-state index contributed by atoms with van der Waals surface area (Å²) in [5, 5.41) is 0. The van der Waals surface area contributed by atoms with E-state index >= 15 is 0 Å². The van der Waals surface area contributed by atoms with Gasteiger partial charge in [0.25, 0.3) is 0 Å². The predicted molar refractivity (Wildman–Crippen MR) is 61.5 cm³/mol. The highest BCUT2D eigenvalue weighted by Gasteiger charge is 2.08. The van der Waals surface area contributed by atoms with Crippen molar-refractivity contribution in [2.24, 2.45) is 5.73 Å². The Labute approximate surface area is 91.5 Å². The lowest BCUT2D eigenvalue weighted by Crippen LogP contribution is -2.23. The van der Waals surface area contributed by atoms with Gasteiger partial charge in [0.05, 0.1) is 17.6 Å². The number of nitrogens with zero attached hydrogens (tertiary/aromatic N) is 3. The third kappa shape index (κ3) is 3.93. The second-order valence-electron chi connectivity index (χ2n) is 3.87. The molecule has 1 aromatic rings. The van der Waals surface area contributed by atoms with Gasteiger partial charge in [-0.05, 0) is 33.5 Å². The fourth-order valence-electron chi connectivity index (χ4n) is 1.26. The van der Waals surface area contributed by atoms with Crippen LogP contribution in [0.15, 0.2) is 12.4 Å². The molecule has 2 N–H and O–H groups in total. The molecule has 0 saturated carbocycles. The van der Waals surface area contributed by atoms with Gasteiger partial charge in [0.15, 0.2) is 0 Å². The molecule has 0 bridgehead atoms. The van der Waals surface area contributed by atoms with Crippen LogP contribution >= 0.6 is 0 Å². The minimum Gasteiger partial charge on any atom is -0.323 e. The Balaban J connectivity index is 2.46. The second-order valence-corrected chi connectivity index (χ2v) is 3.87. The largest absolute Gasteiger partial charge is 0.323 e. The van der Waals surface area contributed by atoms with Crippen molar-refractivity contribution in [2.75, 3.05) is 20.1 Å². The Morgan fingerprint density at radius 1 is 1.40 bits per heavy atom. The number of nitrogens with two attached hydrogens (primary N) is 1. The predicted octanol–water partition coefficient (Wildman–Crippen LogP) is 1.13. The summed E-state index contributed by atoms with van der Waals surface area (Å²) in [6.45, 7) is 6.10. The summed E-state index contributed by atoms with van der Waals surface area (Å²) in [7, 11) is 2.09. The molecular weight excluding hydrogens is 188 g/mol. The highest BCUT2D eigenvalue weighted by Crippen LogP contribution is 2.10. The Bertz CT molecular complexity index is 283. The van der Waals surface area contributed by atoms with Gasteiger partial charge in [0.2, 0.25) is 0 Å². The maximum absolute atomic E-state index is 6.02. The van der Waals surface area contributed by atoms with E-state index in [9.17, 15) is 0 Å². The van der Waals surface area contributed by atoms with Crippen LogP contribution in [0.4, 0.5) is 0 Å². The molecule has 15 heavy (non-hydrogen) atoms. The molecule has 0 aliphatic rings. The molecular formula is C11H20N4. The van der Waals surface area contributed by atoms with Crippen LogP contribution in [0.1, 0.15) is 30.8 Å². The first-order valence-corrected chi connectivity index (χ1v) is 5.36. The van der Waals surface area contributed by atoms with E-state index in [2.05, 4.69) is 28.8 Å². The average Bonchev–Trinajstić information content (AvgIpc) is 2.26. The van der Waals surface area contributed by atoms with E-state index < -0.39 is 0 Å². The lowest BCUT2D eigenvalue weighted by molar-refractivity contribution is 0.334. The topological polar surface area (TPSA) is 55.0 Å². The van der Waals surface area contributed by atoms with Crippen molar-refractivity contribution in [1.29, 1.82) is 0 Å². The van der Waals surface area contributed by atoms with Crippen molar-refractivity contribution in [3.63, 3.8) is 0 Å². The third-order valence-electron chi connectivity index (χ3n) is 2.54. The van der Waals surface area contributed by atoms with E-state index in [1.807, 2.05) is 6.92 Å². The zero-order valence-corrected chi connectivity index (χ0v) is 9.77. The van der Waals surface area contributed by atoms with Gasteiger partial charge in [-0.3, -0.25) is 9.97 Å². The molecule has 0 aliphatic carbocycles. The van der Waals surface area contributed by atoms with Crippen LogP contribution in [0, 0.1) is 6.92 Å². The number of hydrogen-bond acceptors (Lipinski definition) is 4. The van der Waals surface area contributed by atoms with Gasteiger partial charge in [-0.2, -0.15) is 0 Å². The summed E-state index contributed by atoms with van der Waals surface area (Å²) in [5.74, 6) is 0. The molecule has 1 atom stereocenters. The van der Waals surface area contributed by atoms with E-state index in [-0.39, 0.29) is 6.04 Å². The quantitative estimate of drug-likeness (QED) is 0.788. The highest BCUT2D eigenvalue weighted by molar-refractivity contribution is 5.04. The van der Waals surface area contributed by atoms with Gasteiger partial charge in [-0.1, -0.05) is 6.92 Å². The Hall–Kier alpha value is -1.00. The summed E-state index contributed by atoms with van der Waals surface area (Å²) in [5.41, 5.74) is 7.83. The molecule has 0 radical (unpaired) electrons. The van der Waals surface area contributed by atoms with Crippen molar-refractivity contribution in [2.45, 2.75) is 26.3 Å². The molecule has 0 aliphatic heterocycles. The van der Waals surface area contributed by atoms with E-state index in [0.29, 0.717) is 0 Å². The molecule has 1 heterocycles. The van der Waals surface area contributed by atoms with E-state index in [0.717, 1.165) is 30.9 Å². The Kier molecular flexibility index (Phi) is 4.65. The van der Waals surface area contributed by atoms with Crippen molar-refractivity contribution in [3.05, 3.63) is 23.8 Å². The molecule has 0 spiro atoms. The molecule has 0 fully saturated rings. The van der Waals surface area contributed by atoms with Crippen molar-refractivity contribution < 1.29 is 0 Å². The van der Waals surface area contributed by atoms with Crippen molar-refractivity contribution in [3.8, 4) is 0 Å². The summed E-state index contributed by atoms with van der Waals surface area (Å²) in [6, 6.07) is -0.00731. The molecule has 1 aromatic heterocycles. The smallest absolute Gasteiger partial charge is 0.0754 e. The standard InChI is InChI=1S/C11H20N4/c1-4-15(3)6-5-10(12)11-8-13-9(2)7-14-11/h7-8,10H,4-6,12H2,1-3H3. The molecule has 1 rings (SSSR count).